The van der Waals surface area contributed by atoms with Crippen LogP contribution in [-0.4, -0.2) is 25.5 Å². The van der Waals surface area contributed by atoms with Crippen molar-refractivity contribution in [1.29, 1.82) is 0 Å². The van der Waals surface area contributed by atoms with Crippen LogP contribution in [0.1, 0.15) is 16.7 Å². The molecule has 1 aliphatic heterocycles. The lowest BCUT2D eigenvalue weighted by molar-refractivity contribution is -0.385. The molecule has 7 rings (SSSR count). The fourth-order valence-corrected chi connectivity index (χ4v) is 5.96. The summed E-state index contributed by atoms with van der Waals surface area (Å²) in [5.41, 5.74) is 9.99. The van der Waals surface area contributed by atoms with E-state index in [0.717, 1.165) is 50.0 Å². The average molecular weight is 635 g/mol. The van der Waals surface area contributed by atoms with Gasteiger partial charge in [0.1, 0.15) is 11.4 Å². The number of nitro groups is 1. The summed E-state index contributed by atoms with van der Waals surface area (Å²) in [7, 11) is 0. The topological polar surface area (TPSA) is 135 Å². The van der Waals surface area contributed by atoms with E-state index in [0.29, 0.717) is 22.3 Å². The summed E-state index contributed by atoms with van der Waals surface area (Å²) in [6.07, 6.45) is -0.146. The van der Waals surface area contributed by atoms with Crippen LogP contribution in [0.25, 0.3) is 38.9 Å². The Balaban J connectivity index is 1.35. The number of carbonyl (C=O) groups excluding carboxylic acids is 1. The zero-order chi connectivity index (χ0) is 33.4. The maximum Gasteiger partial charge on any atom is 0.273 e. The third kappa shape index (κ3) is 5.67. The van der Waals surface area contributed by atoms with Crippen molar-refractivity contribution >= 4 is 44.8 Å². The van der Waals surface area contributed by atoms with E-state index in [1.165, 1.54) is 6.07 Å². The summed E-state index contributed by atoms with van der Waals surface area (Å²) in [6, 6.07) is 35.1. The van der Waals surface area contributed by atoms with Gasteiger partial charge in [0, 0.05) is 28.4 Å². The summed E-state index contributed by atoms with van der Waals surface area (Å²) in [5.74, 6) is -0.277. The van der Waals surface area contributed by atoms with Gasteiger partial charge in [-0.05, 0) is 72.8 Å². The van der Waals surface area contributed by atoms with Crippen LogP contribution in [0, 0.1) is 24.0 Å². The molecule has 3 N–H and O–H groups in total. The lowest BCUT2D eigenvalue weighted by Gasteiger charge is -2.21. The van der Waals surface area contributed by atoms with E-state index >= 15 is 0 Å². The Kier molecular flexibility index (Phi) is 7.74. The minimum Gasteiger partial charge on any atom is -0.506 e. The molecule has 0 aromatic heterocycles. The summed E-state index contributed by atoms with van der Waals surface area (Å²) >= 11 is 0. The number of anilines is 2. The van der Waals surface area contributed by atoms with Crippen LogP contribution in [0.2, 0.25) is 0 Å². The van der Waals surface area contributed by atoms with Gasteiger partial charge in [-0.2, -0.15) is 5.10 Å². The molecule has 1 amide bonds. The van der Waals surface area contributed by atoms with E-state index in [1.54, 1.807) is 24.3 Å². The molecule has 0 bridgehead atoms. The number of nitrogens with one attached hydrogen (secondary N) is 2. The van der Waals surface area contributed by atoms with E-state index in [2.05, 4.69) is 15.3 Å². The van der Waals surface area contributed by atoms with Gasteiger partial charge in [0.2, 0.25) is 5.91 Å². The Morgan fingerprint density at radius 3 is 2.46 bits per heavy atom. The van der Waals surface area contributed by atoms with Gasteiger partial charge in [-0.3, -0.25) is 20.3 Å². The van der Waals surface area contributed by atoms with Gasteiger partial charge in [-0.15, -0.1) is 0 Å². The monoisotopic (exact) mass is 634 g/mol. The summed E-state index contributed by atoms with van der Waals surface area (Å²) in [5, 5.41) is 32.4. The van der Waals surface area contributed by atoms with Crippen LogP contribution < -0.4 is 16.1 Å². The summed E-state index contributed by atoms with van der Waals surface area (Å²) in [6.45, 7) is 3.85. The molecule has 5 aromatic carbocycles. The lowest BCUT2D eigenvalue weighted by Crippen LogP contribution is -2.17. The number of phenols is 1. The number of phenolic OH excluding ortho intramolecular Hbond substituents is 1. The molecule has 0 radical (unpaired) electrons. The first-order chi connectivity index (χ1) is 23.3. The second kappa shape index (κ2) is 12.3. The van der Waals surface area contributed by atoms with Gasteiger partial charge in [-0.1, -0.05) is 66.7 Å². The second-order valence-electron chi connectivity index (χ2n) is 11.6. The number of aryl methyl sites for hydroxylation is 2. The number of rotatable bonds is 7. The summed E-state index contributed by atoms with van der Waals surface area (Å²) in [4.78, 5) is 29.2. The number of aromatic nitrogens is 2. The first-order valence-electron chi connectivity index (χ1n) is 15.3. The quantitative estimate of drug-likeness (QED) is 0.0715. The number of benzene rings is 6. The highest BCUT2D eigenvalue weighted by atomic mass is 16.6. The van der Waals surface area contributed by atoms with Gasteiger partial charge in [0.25, 0.3) is 5.69 Å². The van der Waals surface area contributed by atoms with Crippen molar-refractivity contribution in [2.75, 3.05) is 10.7 Å². The molecule has 0 fully saturated rings. The first-order valence-corrected chi connectivity index (χ1v) is 15.3. The Bertz CT molecular complexity index is 2420. The van der Waals surface area contributed by atoms with E-state index < -0.39 is 4.92 Å². The third-order valence-electron chi connectivity index (χ3n) is 8.36. The predicted octanol–water partition coefficient (Wildman–Crippen LogP) is 7.62. The molecule has 236 valence electrons. The standard InChI is InChI=1S/C38H30N6O4/c1-23-18-31-34(21-29(23)40-37(46)20-26-11-7-9-15-33(26)44(47)48)43(27-12-4-3-5-13-27)35-22-30(24(2)19-32(35)39-31)41-42-38-28-14-8-6-10-25(28)16-17-36(38)45/h3-19,21-22,42,45H,20H2,1-2H3,(H,40,46). The normalized spacial score (nSPS) is 11.7. The second-order valence-corrected chi connectivity index (χ2v) is 11.6. The number of amides is 1. The fraction of sp³-hybridized carbons (Fsp3) is 0.0789. The van der Waals surface area contributed by atoms with Crippen molar-refractivity contribution in [1.82, 2.24) is 9.55 Å². The molecule has 48 heavy (non-hydrogen) atoms. The number of hydrogen-bond donors (Lipinski definition) is 3. The molecule has 1 heterocycles. The Morgan fingerprint density at radius 2 is 1.65 bits per heavy atom. The lowest BCUT2D eigenvalue weighted by atomic mass is 10.1. The van der Waals surface area contributed by atoms with Crippen LogP contribution in [0.5, 0.6) is 5.75 Å². The number of carbonyl (C=O) groups is 1. The maximum atomic E-state index is 13.2. The van der Waals surface area contributed by atoms with E-state index in [9.17, 15) is 20.0 Å². The minimum absolute atomic E-state index is 0.0923. The van der Waals surface area contributed by atoms with Crippen LogP contribution >= 0.6 is 0 Å². The zero-order valence-electron chi connectivity index (χ0n) is 26.1. The molecule has 0 saturated heterocycles. The SMILES string of the molecule is Cc1cc2nc3cc(C)c(=NNc4c(O)ccc5ccccc45)cc-3n(-c3ccccc3)c2cc1NC(=O)Cc1ccccc1[N+](=O)[O-]. The molecule has 0 unspecified atom stereocenters. The van der Waals surface area contributed by atoms with Crippen molar-refractivity contribution in [3.05, 3.63) is 147 Å². The maximum absolute atomic E-state index is 13.2. The molecule has 0 saturated carbocycles. The molecular formula is C38H30N6O4. The van der Waals surface area contributed by atoms with Gasteiger partial charge in [0.05, 0.1) is 39.1 Å². The predicted molar refractivity (Wildman–Crippen MR) is 187 cm³/mol. The van der Waals surface area contributed by atoms with Crippen LogP contribution in [0.3, 0.4) is 0 Å². The van der Waals surface area contributed by atoms with Crippen molar-refractivity contribution < 1.29 is 14.8 Å². The van der Waals surface area contributed by atoms with E-state index in [1.807, 2.05) is 98.8 Å². The highest BCUT2D eigenvalue weighted by Gasteiger charge is 2.19. The van der Waals surface area contributed by atoms with Crippen molar-refractivity contribution in [2.24, 2.45) is 5.10 Å². The molecular weight excluding hydrogens is 604 g/mol. The Morgan fingerprint density at radius 1 is 0.896 bits per heavy atom. The van der Waals surface area contributed by atoms with Crippen LogP contribution in [0.4, 0.5) is 17.1 Å². The highest BCUT2D eigenvalue weighted by Crippen LogP contribution is 2.34. The third-order valence-corrected chi connectivity index (χ3v) is 8.36. The summed E-state index contributed by atoms with van der Waals surface area (Å²) < 4.78 is 2.07. The minimum atomic E-state index is -0.480. The number of nitro benzene ring substituents is 1. The Hall–Kier alpha value is -6.55. The average Bonchev–Trinajstić information content (AvgIpc) is 3.08. The number of aromatic hydroxyl groups is 1. The van der Waals surface area contributed by atoms with Crippen molar-refractivity contribution in [2.45, 2.75) is 20.3 Å². The van der Waals surface area contributed by atoms with Crippen molar-refractivity contribution in [3.63, 3.8) is 0 Å². The van der Waals surface area contributed by atoms with Crippen molar-refractivity contribution in [3.8, 4) is 22.8 Å². The first kappa shape index (κ1) is 30.1. The molecule has 2 aliphatic rings. The molecule has 0 atom stereocenters. The van der Waals surface area contributed by atoms with Gasteiger partial charge >= 0.3 is 0 Å². The smallest absolute Gasteiger partial charge is 0.273 e. The molecule has 10 heteroatoms. The number of para-hydroxylation sites is 2. The van der Waals surface area contributed by atoms with Gasteiger partial charge < -0.3 is 15.0 Å². The number of fused-ring (bicyclic) bond motifs is 3. The largest absolute Gasteiger partial charge is 0.506 e. The number of nitrogens with zero attached hydrogens (tertiary/aromatic N) is 4. The molecule has 5 aromatic rings. The highest BCUT2D eigenvalue weighted by molar-refractivity contribution is 5.97. The van der Waals surface area contributed by atoms with Gasteiger partial charge in [0.15, 0.2) is 0 Å². The van der Waals surface area contributed by atoms with E-state index in [-0.39, 0.29) is 23.8 Å². The Labute approximate surface area is 275 Å². The zero-order valence-corrected chi connectivity index (χ0v) is 26.1. The molecule has 0 spiro atoms. The van der Waals surface area contributed by atoms with E-state index in [4.69, 9.17) is 10.1 Å². The van der Waals surface area contributed by atoms with Crippen LogP contribution in [-0.2, 0) is 11.2 Å². The van der Waals surface area contributed by atoms with Gasteiger partial charge in [-0.25, -0.2) is 4.98 Å². The molecule has 10 nitrogen and oxygen atoms in total. The van der Waals surface area contributed by atoms with Crippen LogP contribution in [0.15, 0.2) is 120 Å². The molecule has 1 aliphatic carbocycles. The fourth-order valence-electron chi connectivity index (χ4n) is 5.96. The number of hydrogen-bond acceptors (Lipinski definition) is 7.